The molecule has 0 unspecified atom stereocenters. The first-order valence-corrected chi connectivity index (χ1v) is 9.20. The maximum absolute atomic E-state index is 12.5. The molecule has 1 aliphatic carbocycles. The lowest BCUT2D eigenvalue weighted by molar-refractivity contribution is -0.129. The molecule has 6 nitrogen and oxygen atoms in total. The fourth-order valence-corrected chi connectivity index (χ4v) is 3.23. The summed E-state index contributed by atoms with van der Waals surface area (Å²) in [6.45, 7) is 5.87. The number of ether oxygens (including phenoxy) is 2. The molecule has 1 aliphatic rings. The first-order valence-electron chi connectivity index (χ1n) is 9.20. The van der Waals surface area contributed by atoms with Gasteiger partial charge in [-0.25, -0.2) is 4.79 Å². The van der Waals surface area contributed by atoms with Crippen LogP contribution in [0, 0.1) is 13.8 Å². The van der Waals surface area contributed by atoms with Gasteiger partial charge < -0.3 is 19.4 Å². The van der Waals surface area contributed by atoms with Crippen molar-refractivity contribution in [3.63, 3.8) is 0 Å². The number of aromatic nitrogens is 1. The van der Waals surface area contributed by atoms with Crippen LogP contribution in [-0.4, -0.2) is 29.7 Å². The zero-order valence-electron chi connectivity index (χ0n) is 16.2. The predicted molar refractivity (Wildman–Crippen MR) is 102 cm³/mol. The zero-order valence-corrected chi connectivity index (χ0v) is 16.2. The molecular formula is C21H26N2O4. The number of carbonyl (C=O) groups excluding carboxylic acids is 2. The molecule has 0 radical (unpaired) electrons. The Kier molecular flexibility index (Phi) is 5.54. The van der Waals surface area contributed by atoms with Crippen LogP contribution >= 0.6 is 0 Å². The predicted octanol–water partition coefficient (Wildman–Crippen LogP) is 3.31. The number of aryl methyl sites for hydroxylation is 1. The number of nitrogens with one attached hydrogen (secondary N) is 1. The van der Waals surface area contributed by atoms with Crippen LogP contribution in [0.3, 0.4) is 0 Å². The number of methoxy groups -OCH3 is 1. The second-order valence-electron chi connectivity index (χ2n) is 7.00. The van der Waals surface area contributed by atoms with E-state index in [1.807, 2.05) is 44.2 Å². The molecule has 0 bridgehead atoms. The minimum absolute atomic E-state index is 0.324. The van der Waals surface area contributed by atoms with Crippen molar-refractivity contribution >= 4 is 11.9 Å². The normalized spacial score (nSPS) is 14.5. The van der Waals surface area contributed by atoms with Gasteiger partial charge in [-0.2, -0.15) is 0 Å². The lowest BCUT2D eigenvalue weighted by atomic mass is 10.2. The van der Waals surface area contributed by atoms with Crippen LogP contribution in [0.5, 0.6) is 5.75 Å². The van der Waals surface area contributed by atoms with E-state index in [0.717, 1.165) is 35.5 Å². The number of hydrogen-bond acceptors (Lipinski definition) is 4. The number of carbonyl (C=O) groups is 2. The molecule has 3 rings (SSSR count). The van der Waals surface area contributed by atoms with Crippen molar-refractivity contribution in [2.45, 2.75) is 52.3 Å². The number of nitrogens with zero attached hydrogens (tertiary/aromatic N) is 1. The smallest absolute Gasteiger partial charge is 0.340 e. The number of rotatable bonds is 7. The molecular weight excluding hydrogens is 344 g/mol. The SMILES string of the molecule is COc1ccc(CNC(=O)[C@H](C)OC(=O)c2cc(C)n(C3CC3)c2C)cc1. The number of hydrogen-bond donors (Lipinski definition) is 1. The molecule has 1 fully saturated rings. The summed E-state index contributed by atoms with van der Waals surface area (Å²) >= 11 is 0. The first-order chi connectivity index (χ1) is 12.9. The summed E-state index contributed by atoms with van der Waals surface area (Å²) in [5.74, 6) is -0.0200. The summed E-state index contributed by atoms with van der Waals surface area (Å²) in [7, 11) is 1.61. The lowest BCUT2D eigenvalue weighted by Crippen LogP contribution is -2.35. The molecule has 0 saturated heterocycles. The van der Waals surface area contributed by atoms with Crippen molar-refractivity contribution in [1.82, 2.24) is 9.88 Å². The molecule has 6 heteroatoms. The Morgan fingerprint density at radius 3 is 2.48 bits per heavy atom. The summed E-state index contributed by atoms with van der Waals surface area (Å²) in [5.41, 5.74) is 3.44. The van der Waals surface area contributed by atoms with E-state index in [9.17, 15) is 9.59 Å². The van der Waals surface area contributed by atoms with Gasteiger partial charge in [0.15, 0.2) is 6.10 Å². The van der Waals surface area contributed by atoms with E-state index in [-0.39, 0.29) is 5.91 Å². The van der Waals surface area contributed by atoms with Crippen molar-refractivity contribution < 1.29 is 19.1 Å². The van der Waals surface area contributed by atoms with Gasteiger partial charge in [0.25, 0.3) is 5.91 Å². The molecule has 0 aliphatic heterocycles. The van der Waals surface area contributed by atoms with Crippen molar-refractivity contribution in [2.75, 3.05) is 7.11 Å². The van der Waals surface area contributed by atoms with Crippen molar-refractivity contribution in [3.05, 3.63) is 52.8 Å². The zero-order chi connectivity index (χ0) is 19.6. The Labute approximate surface area is 159 Å². The summed E-state index contributed by atoms with van der Waals surface area (Å²) < 4.78 is 12.7. The molecule has 1 saturated carbocycles. The van der Waals surface area contributed by atoms with E-state index in [1.54, 1.807) is 14.0 Å². The molecule has 1 atom stereocenters. The van der Waals surface area contributed by atoms with Gasteiger partial charge in [0.05, 0.1) is 12.7 Å². The standard InChI is InChI=1S/C21H26N2O4/c1-13-11-19(14(2)23(13)17-7-8-17)21(25)27-15(3)20(24)22-12-16-5-9-18(26-4)10-6-16/h5-6,9-11,15,17H,7-8,12H2,1-4H3,(H,22,24)/t15-/m0/s1. The number of amides is 1. The Morgan fingerprint density at radius 2 is 1.89 bits per heavy atom. The van der Waals surface area contributed by atoms with Gasteiger partial charge >= 0.3 is 5.97 Å². The van der Waals surface area contributed by atoms with Crippen LogP contribution in [0.1, 0.15) is 53.1 Å². The highest BCUT2D eigenvalue weighted by atomic mass is 16.5. The van der Waals surface area contributed by atoms with Crippen LogP contribution in [0.4, 0.5) is 0 Å². The molecule has 1 N–H and O–H groups in total. The van der Waals surface area contributed by atoms with Gasteiger partial charge in [0.2, 0.25) is 0 Å². The highest BCUT2D eigenvalue weighted by Crippen LogP contribution is 2.38. The largest absolute Gasteiger partial charge is 0.497 e. The van der Waals surface area contributed by atoms with Gasteiger partial charge in [-0.1, -0.05) is 12.1 Å². The van der Waals surface area contributed by atoms with E-state index in [0.29, 0.717) is 18.2 Å². The second kappa shape index (κ2) is 7.86. The highest BCUT2D eigenvalue weighted by molar-refractivity contribution is 5.93. The molecule has 0 spiro atoms. The molecule has 1 aromatic carbocycles. The number of benzene rings is 1. The summed E-state index contributed by atoms with van der Waals surface area (Å²) in [6.07, 6.45) is 1.43. The highest BCUT2D eigenvalue weighted by Gasteiger charge is 2.29. The molecule has 1 amide bonds. The molecule has 1 aromatic heterocycles. The minimum atomic E-state index is -0.861. The average Bonchev–Trinajstić information content (AvgIpc) is 3.44. The van der Waals surface area contributed by atoms with E-state index in [4.69, 9.17) is 9.47 Å². The van der Waals surface area contributed by atoms with Gasteiger partial charge in [0.1, 0.15) is 5.75 Å². The van der Waals surface area contributed by atoms with Crippen LogP contribution < -0.4 is 10.1 Å². The Balaban J connectivity index is 1.56. The fourth-order valence-electron chi connectivity index (χ4n) is 3.23. The molecule has 27 heavy (non-hydrogen) atoms. The van der Waals surface area contributed by atoms with Crippen molar-refractivity contribution in [1.29, 1.82) is 0 Å². The van der Waals surface area contributed by atoms with Crippen LogP contribution in [-0.2, 0) is 16.1 Å². The third kappa shape index (κ3) is 4.32. The van der Waals surface area contributed by atoms with Gasteiger partial charge in [0, 0.05) is 24.0 Å². The van der Waals surface area contributed by atoms with Crippen LogP contribution in [0.15, 0.2) is 30.3 Å². The monoisotopic (exact) mass is 370 g/mol. The summed E-state index contributed by atoms with van der Waals surface area (Å²) in [4.78, 5) is 24.8. The maximum Gasteiger partial charge on any atom is 0.340 e. The quantitative estimate of drug-likeness (QED) is 0.759. The lowest BCUT2D eigenvalue weighted by Gasteiger charge is -2.14. The second-order valence-corrected chi connectivity index (χ2v) is 7.00. The number of esters is 1. The van der Waals surface area contributed by atoms with E-state index in [1.165, 1.54) is 0 Å². The summed E-state index contributed by atoms with van der Waals surface area (Å²) in [6, 6.07) is 9.77. The van der Waals surface area contributed by atoms with E-state index < -0.39 is 12.1 Å². The maximum atomic E-state index is 12.5. The average molecular weight is 370 g/mol. The van der Waals surface area contributed by atoms with E-state index in [2.05, 4.69) is 9.88 Å². The minimum Gasteiger partial charge on any atom is -0.497 e. The van der Waals surface area contributed by atoms with Crippen molar-refractivity contribution in [2.24, 2.45) is 0 Å². The fraction of sp³-hybridized carbons (Fsp3) is 0.429. The van der Waals surface area contributed by atoms with Gasteiger partial charge in [-0.3, -0.25) is 4.79 Å². The molecule has 2 aromatic rings. The Morgan fingerprint density at radius 1 is 1.22 bits per heavy atom. The Bertz CT molecular complexity index is 835. The summed E-state index contributed by atoms with van der Waals surface area (Å²) in [5, 5.41) is 2.79. The third-order valence-electron chi connectivity index (χ3n) is 4.90. The van der Waals surface area contributed by atoms with Gasteiger partial charge in [-0.05, 0) is 57.4 Å². The first kappa shape index (κ1) is 19.0. The molecule has 1 heterocycles. The van der Waals surface area contributed by atoms with Gasteiger partial charge in [-0.15, -0.1) is 0 Å². The van der Waals surface area contributed by atoms with E-state index >= 15 is 0 Å². The molecule has 144 valence electrons. The Hall–Kier alpha value is -2.76. The van der Waals surface area contributed by atoms with Crippen LogP contribution in [0.2, 0.25) is 0 Å². The van der Waals surface area contributed by atoms with Crippen molar-refractivity contribution in [3.8, 4) is 5.75 Å². The topological polar surface area (TPSA) is 69.6 Å². The van der Waals surface area contributed by atoms with Crippen LogP contribution in [0.25, 0.3) is 0 Å². The third-order valence-corrected chi connectivity index (χ3v) is 4.90.